The van der Waals surface area contributed by atoms with E-state index >= 15 is 0 Å². The number of carbonyl (C=O) groups is 2. The van der Waals surface area contributed by atoms with Gasteiger partial charge in [-0.05, 0) is 19.4 Å². The van der Waals surface area contributed by atoms with Crippen LogP contribution in [0.2, 0.25) is 0 Å². The normalized spacial score (nSPS) is 16.5. The maximum atomic E-state index is 12.5. The molecule has 0 radical (unpaired) electrons. The number of amides is 3. The van der Waals surface area contributed by atoms with Crippen molar-refractivity contribution in [3.05, 3.63) is 48.3 Å². The number of hydrogen-bond donors (Lipinski definition) is 2. The maximum Gasteiger partial charge on any atom is 0.319 e. The average Bonchev–Trinajstić information content (AvgIpc) is 3.14. The van der Waals surface area contributed by atoms with Gasteiger partial charge in [0.15, 0.2) is 0 Å². The Morgan fingerprint density at radius 2 is 2.03 bits per heavy atom. The number of benzene rings is 1. The molecule has 2 aromatic rings. The second-order valence-corrected chi connectivity index (χ2v) is 9.58. The van der Waals surface area contributed by atoms with Gasteiger partial charge in [0.1, 0.15) is 6.54 Å². The van der Waals surface area contributed by atoms with E-state index in [2.05, 4.69) is 15.7 Å². The Bertz CT molecular complexity index is 916. The summed E-state index contributed by atoms with van der Waals surface area (Å²) in [6.07, 6.45) is 3.10. The van der Waals surface area contributed by atoms with Gasteiger partial charge in [-0.2, -0.15) is 5.10 Å². The zero-order valence-electron chi connectivity index (χ0n) is 17.9. The van der Waals surface area contributed by atoms with E-state index in [1.165, 1.54) is 10.9 Å². The first-order valence-electron chi connectivity index (χ1n) is 10.2. The second-order valence-electron chi connectivity index (χ2n) is 8.00. The van der Waals surface area contributed by atoms with Crippen LogP contribution in [0.4, 0.5) is 10.5 Å². The van der Waals surface area contributed by atoms with Gasteiger partial charge in [0, 0.05) is 48.1 Å². The molecule has 1 aliphatic heterocycles. The highest BCUT2D eigenvalue weighted by Crippen LogP contribution is 2.17. The van der Waals surface area contributed by atoms with E-state index in [0.717, 1.165) is 5.56 Å². The molecule has 3 rings (SSSR count). The van der Waals surface area contributed by atoms with Gasteiger partial charge < -0.3 is 20.3 Å². The molecule has 9 nitrogen and oxygen atoms in total. The molecule has 2 N–H and O–H groups in total. The number of hydrogen-bond acceptors (Lipinski definition) is 5. The number of rotatable bonds is 8. The molecule has 10 heteroatoms. The van der Waals surface area contributed by atoms with Gasteiger partial charge >= 0.3 is 6.03 Å². The summed E-state index contributed by atoms with van der Waals surface area (Å²) in [6.45, 7) is 5.91. The van der Waals surface area contributed by atoms with E-state index in [-0.39, 0.29) is 18.1 Å². The Balaban J connectivity index is 1.38. The lowest BCUT2D eigenvalue weighted by molar-refractivity contribution is -0.146. The molecule has 1 fully saturated rings. The molecule has 3 amide bonds. The van der Waals surface area contributed by atoms with Crippen molar-refractivity contribution < 1.29 is 18.5 Å². The van der Waals surface area contributed by atoms with E-state index in [1.807, 2.05) is 44.2 Å². The van der Waals surface area contributed by atoms with Crippen molar-refractivity contribution in [2.45, 2.75) is 31.7 Å². The number of carbonyl (C=O) groups excluding carboxylic acids is 2. The van der Waals surface area contributed by atoms with Crippen molar-refractivity contribution in [1.82, 2.24) is 20.0 Å². The van der Waals surface area contributed by atoms with Gasteiger partial charge in [-0.15, -0.1) is 0 Å². The lowest BCUT2D eigenvalue weighted by Gasteiger charge is -2.38. The van der Waals surface area contributed by atoms with Gasteiger partial charge in [0.2, 0.25) is 5.91 Å². The molecular formula is C21H29N5O4S. The lowest BCUT2D eigenvalue weighted by atomic mass is 10.1. The highest BCUT2D eigenvalue weighted by atomic mass is 32.2. The Morgan fingerprint density at radius 3 is 2.77 bits per heavy atom. The van der Waals surface area contributed by atoms with E-state index in [4.69, 9.17) is 4.74 Å². The van der Waals surface area contributed by atoms with Crippen molar-refractivity contribution in [2.75, 3.05) is 37.3 Å². The largest absolute Gasteiger partial charge is 0.372 e. The van der Waals surface area contributed by atoms with Crippen LogP contribution in [0, 0.1) is 0 Å². The van der Waals surface area contributed by atoms with Crippen LogP contribution in [0.1, 0.15) is 19.4 Å². The number of nitrogens with zero attached hydrogens (tertiary/aromatic N) is 3. The zero-order chi connectivity index (χ0) is 22.3. The van der Waals surface area contributed by atoms with Gasteiger partial charge in [0.25, 0.3) is 0 Å². The molecule has 0 aliphatic carbocycles. The molecule has 1 unspecified atom stereocenters. The minimum atomic E-state index is -1.05. The lowest BCUT2D eigenvalue weighted by Crippen LogP contribution is -2.51. The van der Waals surface area contributed by atoms with E-state index in [1.54, 1.807) is 11.1 Å². The molecule has 1 aromatic heterocycles. The molecular weight excluding hydrogens is 418 g/mol. The maximum absolute atomic E-state index is 12.5. The van der Waals surface area contributed by atoms with Crippen LogP contribution >= 0.6 is 0 Å². The van der Waals surface area contributed by atoms with E-state index in [9.17, 15) is 13.8 Å². The molecule has 168 valence electrons. The Labute approximate surface area is 184 Å². The van der Waals surface area contributed by atoms with Gasteiger partial charge in [0.05, 0.1) is 24.1 Å². The monoisotopic (exact) mass is 447 g/mol. The van der Waals surface area contributed by atoms with Crippen LogP contribution in [-0.2, 0) is 32.6 Å². The molecule has 1 aromatic carbocycles. The predicted molar refractivity (Wildman–Crippen MR) is 119 cm³/mol. The molecule has 2 heterocycles. The van der Waals surface area contributed by atoms with Crippen LogP contribution in [0.25, 0.3) is 0 Å². The minimum absolute atomic E-state index is 0.0450. The zero-order valence-corrected chi connectivity index (χ0v) is 18.7. The first kappa shape index (κ1) is 23.0. The summed E-state index contributed by atoms with van der Waals surface area (Å²) in [5, 5.41) is 9.51. The third kappa shape index (κ3) is 7.48. The fraction of sp³-hybridized carbons (Fsp3) is 0.476. The highest BCUT2D eigenvalue weighted by molar-refractivity contribution is 7.84. The van der Waals surface area contributed by atoms with Crippen molar-refractivity contribution in [3.8, 4) is 0 Å². The van der Waals surface area contributed by atoms with Gasteiger partial charge in [-0.3, -0.25) is 13.7 Å². The molecule has 1 atom stereocenters. The molecule has 1 aliphatic rings. The molecule has 0 saturated carbocycles. The SMILES string of the molecule is CC1(C)CN(C(=O)Cn2cc(NC(=O)NCCS(=O)Cc3ccccc3)cn2)CCO1. The second kappa shape index (κ2) is 10.5. The Morgan fingerprint density at radius 1 is 1.26 bits per heavy atom. The smallest absolute Gasteiger partial charge is 0.319 e. The van der Waals surface area contributed by atoms with Crippen molar-refractivity contribution >= 4 is 28.4 Å². The van der Waals surface area contributed by atoms with Crippen molar-refractivity contribution in [3.63, 3.8) is 0 Å². The third-order valence-corrected chi connectivity index (χ3v) is 6.07. The fourth-order valence-electron chi connectivity index (χ4n) is 3.27. The van der Waals surface area contributed by atoms with Crippen molar-refractivity contribution in [2.24, 2.45) is 0 Å². The number of urea groups is 1. The number of morpholine rings is 1. The van der Waals surface area contributed by atoms with Crippen LogP contribution < -0.4 is 10.6 Å². The minimum Gasteiger partial charge on any atom is -0.372 e. The predicted octanol–water partition coefficient (Wildman–Crippen LogP) is 1.59. The summed E-state index contributed by atoms with van der Waals surface area (Å²) in [5.74, 6) is 0.786. The first-order chi connectivity index (χ1) is 14.8. The first-order valence-corrected chi connectivity index (χ1v) is 11.7. The molecule has 1 saturated heterocycles. The average molecular weight is 448 g/mol. The fourth-order valence-corrected chi connectivity index (χ4v) is 4.31. The number of anilines is 1. The summed E-state index contributed by atoms with van der Waals surface area (Å²) in [5.41, 5.74) is 1.14. The Hall–Kier alpha value is -2.72. The summed E-state index contributed by atoms with van der Waals surface area (Å²) < 4.78 is 19.2. The summed E-state index contributed by atoms with van der Waals surface area (Å²) in [6, 6.07) is 9.19. The number of nitrogens with one attached hydrogen (secondary N) is 2. The van der Waals surface area contributed by atoms with E-state index < -0.39 is 16.8 Å². The number of aromatic nitrogens is 2. The van der Waals surface area contributed by atoms with Crippen LogP contribution in [-0.4, -0.2) is 68.4 Å². The van der Waals surface area contributed by atoms with Crippen LogP contribution in [0.5, 0.6) is 0 Å². The summed E-state index contributed by atoms with van der Waals surface area (Å²) in [7, 11) is -1.05. The van der Waals surface area contributed by atoms with Gasteiger partial charge in [-0.1, -0.05) is 30.3 Å². The van der Waals surface area contributed by atoms with Gasteiger partial charge in [-0.25, -0.2) is 4.79 Å². The molecule has 0 bridgehead atoms. The topological polar surface area (TPSA) is 106 Å². The standard InChI is InChI=1S/C21H29N5O4S/c1-21(2)16-25(9-10-30-21)19(27)14-26-13-18(12-23-26)24-20(28)22-8-11-31(29)15-17-6-4-3-5-7-17/h3-7,12-13H,8-11,14-16H2,1-2H3,(H2,22,24,28). The number of ether oxygens (including phenoxy) is 1. The van der Waals surface area contributed by atoms with E-state index in [0.29, 0.717) is 43.4 Å². The third-order valence-electron chi connectivity index (χ3n) is 4.75. The summed E-state index contributed by atoms with van der Waals surface area (Å²) in [4.78, 5) is 26.3. The quantitative estimate of drug-likeness (QED) is 0.639. The summed E-state index contributed by atoms with van der Waals surface area (Å²) >= 11 is 0. The molecule has 31 heavy (non-hydrogen) atoms. The van der Waals surface area contributed by atoms with Crippen molar-refractivity contribution in [1.29, 1.82) is 0 Å². The van der Waals surface area contributed by atoms with Crippen LogP contribution in [0.3, 0.4) is 0 Å². The van der Waals surface area contributed by atoms with Crippen LogP contribution in [0.15, 0.2) is 42.7 Å². The Kier molecular flexibility index (Phi) is 7.80. The molecule has 0 spiro atoms. The highest BCUT2D eigenvalue weighted by Gasteiger charge is 2.29.